The summed E-state index contributed by atoms with van der Waals surface area (Å²) in [4.78, 5) is 12.0. The fraction of sp³-hybridized carbons (Fsp3) is 0.167. The van der Waals surface area contributed by atoms with Gasteiger partial charge in [-0.25, -0.2) is 4.39 Å². The largest absolute Gasteiger partial charge is 0.414 e. The molecule has 1 N–H and O–H groups in total. The molecular formula is C18H16FN3O2S. The van der Waals surface area contributed by atoms with Crippen molar-refractivity contribution >= 4 is 17.7 Å². The number of hydrogen-bond acceptors (Lipinski definition) is 5. The standard InChI is InChI=1S/C18H16FN3O2S/c1-12(13-5-3-2-4-6-13)25-18-22-21-16(24-18)11-20-17(23)14-7-9-15(19)10-8-14/h2-10,12H,11H2,1H3,(H,20,23)/t12-/m1/s1. The molecule has 0 spiro atoms. The Hall–Kier alpha value is -2.67. The Morgan fingerprint density at radius 3 is 2.60 bits per heavy atom. The Morgan fingerprint density at radius 2 is 1.88 bits per heavy atom. The van der Waals surface area contributed by atoms with E-state index < -0.39 is 0 Å². The lowest BCUT2D eigenvalue weighted by Gasteiger charge is -2.07. The summed E-state index contributed by atoms with van der Waals surface area (Å²) in [5.41, 5.74) is 1.53. The molecule has 3 rings (SSSR count). The van der Waals surface area contributed by atoms with E-state index in [1.165, 1.54) is 36.0 Å². The summed E-state index contributed by atoms with van der Waals surface area (Å²) in [5.74, 6) is -0.397. The molecule has 0 saturated carbocycles. The third-order valence-electron chi connectivity index (χ3n) is 3.50. The van der Waals surface area contributed by atoms with Gasteiger partial charge in [-0.05, 0) is 36.8 Å². The summed E-state index contributed by atoms with van der Waals surface area (Å²) in [7, 11) is 0. The Morgan fingerprint density at radius 1 is 1.16 bits per heavy atom. The lowest BCUT2D eigenvalue weighted by molar-refractivity contribution is 0.0946. The van der Waals surface area contributed by atoms with Crippen LogP contribution in [-0.2, 0) is 6.54 Å². The Balaban J connectivity index is 1.55. The summed E-state index contributed by atoms with van der Waals surface area (Å²) in [6.07, 6.45) is 0. The van der Waals surface area contributed by atoms with Crippen molar-refractivity contribution < 1.29 is 13.6 Å². The fourth-order valence-corrected chi connectivity index (χ4v) is 2.99. The third-order valence-corrected chi connectivity index (χ3v) is 4.49. The number of carbonyl (C=O) groups is 1. The van der Waals surface area contributed by atoms with E-state index >= 15 is 0 Å². The summed E-state index contributed by atoms with van der Waals surface area (Å²) in [6, 6.07) is 15.3. The van der Waals surface area contributed by atoms with Crippen LogP contribution in [0.5, 0.6) is 0 Å². The summed E-state index contributed by atoms with van der Waals surface area (Å²) in [6.45, 7) is 2.17. The number of halogens is 1. The average Bonchev–Trinajstić information content (AvgIpc) is 3.08. The lowest BCUT2D eigenvalue weighted by atomic mass is 10.2. The molecule has 0 radical (unpaired) electrons. The quantitative estimate of drug-likeness (QED) is 0.676. The maximum absolute atomic E-state index is 12.9. The van der Waals surface area contributed by atoms with Crippen molar-refractivity contribution in [1.82, 2.24) is 15.5 Å². The van der Waals surface area contributed by atoms with Gasteiger partial charge in [0.15, 0.2) is 0 Å². The van der Waals surface area contributed by atoms with Crippen LogP contribution < -0.4 is 5.32 Å². The van der Waals surface area contributed by atoms with Crippen molar-refractivity contribution in [2.75, 3.05) is 0 Å². The van der Waals surface area contributed by atoms with Gasteiger partial charge in [0.2, 0.25) is 5.89 Å². The molecule has 7 heteroatoms. The van der Waals surface area contributed by atoms with Gasteiger partial charge in [0.05, 0.1) is 6.54 Å². The van der Waals surface area contributed by atoms with Gasteiger partial charge in [0.1, 0.15) is 5.82 Å². The maximum Gasteiger partial charge on any atom is 0.277 e. The highest BCUT2D eigenvalue weighted by molar-refractivity contribution is 7.99. The zero-order chi connectivity index (χ0) is 17.6. The van der Waals surface area contributed by atoms with Crippen molar-refractivity contribution in [3.63, 3.8) is 0 Å². The molecule has 1 heterocycles. The molecule has 1 aromatic heterocycles. The molecule has 0 saturated heterocycles. The molecule has 1 amide bonds. The topological polar surface area (TPSA) is 68.0 Å². The van der Waals surface area contributed by atoms with Crippen LogP contribution in [0.25, 0.3) is 0 Å². The molecule has 128 valence electrons. The highest BCUT2D eigenvalue weighted by Gasteiger charge is 2.14. The molecule has 25 heavy (non-hydrogen) atoms. The van der Waals surface area contributed by atoms with Crippen molar-refractivity contribution in [2.24, 2.45) is 0 Å². The first kappa shape index (κ1) is 17.2. The first-order valence-corrected chi connectivity index (χ1v) is 8.57. The summed E-state index contributed by atoms with van der Waals surface area (Å²) < 4.78 is 18.4. The highest BCUT2D eigenvalue weighted by atomic mass is 32.2. The maximum atomic E-state index is 12.9. The normalized spacial score (nSPS) is 11.9. The molecule has 0 aliphatic carbocycles. The van der Waals surface area contributed by atoms with E-state index in [1.54, 1.807) is 0 Å². The molecule has 3 aromatic rings. The molecule has 2 aromatic carbocycles. The number of rotatable bonds is 6. The van der Waals surface area contributed by atoms with E-state index in [0.717, 1.165) is 5.56 Å². The predicted octanol–water partition coefficient (Wildman–Crippen LogP) is 3.99. The first-order valence-electron chi connectivity index (χ1n) is 7.69. The number of carbonyl (C=O) groups excluding carboxylic acids is 1. The van der Waals surface area contributed by atoms with Gasteiger partial charge in [0.25, 0.3) is 11.1 Å². The second-order valence-electron chi connectivity index (χ2n) is 5.32. The van der Waals surface area contributed by atoms with Crippen LogP contribution >= 0.6 is 11.8 Å². The number of nitrogens with zero attached hydrogens (tertiary/aromatic N) is 2. The monoisotopic (exact) mass is 357 g/mol. The average molecular weight is 357 g/mol. The molecular weight excluding hydrogens is 341 g/mol. The summed E-state index contributed by atoms with van der Waals surface area (Å²) >= 11 is 1.46. The summed E-state index contributed by atoms with van der Waals surface area (Å²) in [5, 5.41) is 11.2. The van der Waals surface area contributed by atoms with E-state index in [2.05, 4.69) is 22.4 Å². The van der Waals surface area contributed by atoms with Gasteiger partial charge < -0.3 is 9.73 Å². The Kier molecular flexibility index (Phi) is 5.45. The molecule has 0 unspecified atom stereocenters. The zero-order valence-corrected chi connectivity index (χ0v) is 14.3. The van der Waals surface area contributed by atoms with Crippen LogP contribution in [0.3, 0.4) is 0 Å². The minimum absolute atomic E-state index is 0.115. The van der Waals surface area contributed by atoms with Gasteiger partial charge in [-0.15, -0.1) is 10.2 Å². The van der Waals surface area contributed by atoms with Crippen molar-refractivity contribution in [1.29, 1.82) is 0 Å². The third kappa shape index (κ3) is 4.67. The fourth-order valence-electron chi connectivity index (χ4n) is 2.16. The SMILES string of the molecule is C[C@@H](Sc1nnc(CNC(=O)c2ccc(F)cc2)o1)c1ccccc1. The Labute approximate surface area is 148 Å². The number of hydrogen-bond donors (Lipinski definition) is 1. The second-order valence-corrected chi connectivity index (χ2v) is 6.61. The van der Waals surface area contributed by atoms with Crippen molar-refractivity contribution in [2.45, 2.75) is 23.9 Å². The van der Waals surface area contributed by atoms with Gasteiger partial charge in [-0.2, -0.15) is 0 Å². The first-order chi connectivity index (χ1) is 12.1. The van der Waals surface area contributed by atoms with Crippen LogP contribution in [0.2, 0.25) is 0 Å². The van der Waals surface area contributed by atoms with Crippen LogP contribution in [0.4, 0.5) is 4.39 Å². The van der Waals surface area contributed by atoms with E-state index in [0.29, 0.717) is 16.7 Å². The Bertz CT molecular complexity index is 837. The van der Waals surface area contributed by atoms with Gasteiger partial charge >= 0.3 is 0 Å². The van der Waals surface area contributed by atoms with E-state index in [1.807, 2.05) is 30.3 Å². The minimum atomic E-state index is -0.386. The van der Waals surface area contributed by atoms with Gasteiger partial charge in [-0.1, -0.05) is 42.1 Å². The van der Waals surface area contributed by atoms with Crippen LogP contribution in [0.1, 0.15) is 34.0 Å². The number of amides is 1. The zero-order valence-electron chi connectivity index (χ0n) is 13.5. The number of nitrogens with one attached hydrogen (secondary N) is 1. The van der Waals surface area contributed by atoms with E-state index in [4.69, 9.17) is 4.42 Å². The van der Waals surface area contributed by atoms with Crippen molar-refractivity contribution in [3.05, 3.63) is 77.4 Å². The van der Waals surface area contributed by atoms with Gasteiger partial charge in [0, 0.05) is 10.8 Å². The predicted molar refractivity (Wildman–Crippen MR) is 92.6 cm³/mol. The smallest absolute Gasteiger partial charge is 0.277 e. The van der Waals surface area contributed by atoms with Crippen molar-refractivity contribution in [3.8, 4) is 0 Å². The van der Waals surface area contributed by atoms with Crippen LogP contribution in [0.15, 0.2) is 64.2 Å². The molecule has 1 atom stereocenters. The number of benzene rings is 2. The molecule has 0 bridgehead atoms. The van der Waals surface area contributed by atoms with E-state index in [9.17, 15) is 9.18 Å². The minimum Gasteiger partial charge on any atom is -0.414 e. The molecule has 0 aliphatic rings. The molecule has 0 aliphatic heterocycles. The molecule has 0 fully saturated rings. The van der Waals surface area contributed by atoms with Gasteiger partial charge in [-0.3, -0.25) is 4.79 Å². The van der Waals surface area contributed by atoms with E-state index in [-0.39, 0.29) is 23.5 Å². The second kappa shape index (κ2) is 7.94. The number of aromatic nitrogens is 2. The van der Waals surface area contributed by atoms with Crippen LogP contribution in [0, 0.1) is 5.82 Å². The highest BCUT2D eigenvalue weighted by Crippen LogP contribution is 2.33. The number of thioether (sulfide) groups is 1. The molecule has 5 nitrogen and oxygen atoms in total. The lowest BCUT2D eigenvalue weighted by Crippen LogP contribution is -2.22. The van der Waals surface area contributed by atoms with Crippen LogP contribution in [-0.4, -0.2) is 16.1 Å².